The second-order valence-electron chi connectivity index (χ2n) is 3.55. The average molecular weight is 224 g/mol. The Kier molecular flexibility index (Phi) is 4.76. The highest BCUT2D eigenvalue weighted by Crippen LogP contribution is 2.17. The quantitative estimate of drug-likeness (QED) is 0.754. The molecule has 0 unspecified atom stereocenters. The van der Waals surface area contributed by atoms with Gasteiger partial charge < -0.3 is 10.6 Å². The fourth-order valence-electron chi connectivity index (χ4n) is 1.40. The van der Waals surface area contributed by atoms with E-state index in [1.807, 2.05) is 0 Å². The molecule has 2 N–H and O–H groups in total. The molecule has 0 aliphatic heterocycles. The van der Waals surface area contributed by atoms with Crippen LogP contribution in [-0.4, -0.2) is 19.5 Å². The number of carbonyl (C=O) groups excluding carboxylic acids is 1. The molecule has 1 aromatic carbocycles. The first kappa shape index (κ1) is 12.5. The van der Waals surface area contributed by atoms with Crippen LogP contribution in [0, 0.1) is 5.82 Å². The molecule has 0 atom stereocenters. The summed E-state index contributed by atoms with van der Waals surface area (Å²) in [5.41, 5.74) is 1.02. The number of benzene rings is 1. The molecule has 0 heterocycles. The van der Waals surface area contributed by atoms with Gasteiger partial charge in [0.15, 0.2) is 0 Å². The molecule has 0 radical (unpaired) electrons. The van der Waals surface area contributed by atoms with Crippen LogP contribution in [-0.2, 0) is 0 Å². The number of halogens is 1. The van der Waals surface area contributed by atoms with Crippen molar-refractivity contribution in [1.82, 2.24) is 5.32 Å². The van der Waals surface area contributed by atoms with Gasteiger partial charge in [-0.05, 0) is 24.6 Å². The maximum Gasteiger partial charge on any atom is 0.253 e. The number of unbranched alkanes of at least 4 members (excludes halogenated alkanes) is 1. The highest BCUT2D eigenvalue weighted by molar-refractivity contribution is 5.99. The van der Waals surface area contributed by atoms with E-state index in [0.717, 1.165) is 19.4 Å². The molecule has 4 heteroatoms. The minimum atomic E-state index is -0.341. The van der Waals surface area contributed by atoms with E-state index in [4.69, 9.17) is 0 Å². The fraction of sp³-hybridized carbons (Fsp3) is 0.417. The van der Waals surface area contributed by atoms with E-state index in [1.165, 1.54) is 18.2 Å². The number of hydrogen-bond donors (Lipinski definition) is 2. The Morgan fingerprint density at radius 2 is 2.19 bits per heavy atom. The van der Waals surface area contributed by atoms with Crippen LogP contribution in [0.1, 0.15) is 30.1 Å². The summed E-state index contributed by atoms with van der Waals surface area (Å²) in [4.78, 5) is 11.5. The third kappa shape index (κ3) is 3.22. The van der Waals surface area contributed by atoms with Gasteiger partial charge in [-0.1, -0.05) is 13.3 Å². The molecule has 0 saturated heterocycles. The van der Waals surface area contributed by atoms with Crippen LogP contribution in [0.4, 0.5) is 10.1 Å². The smallest absolute Gasteiger partial charge is 0.253 e. The molecule has 0 saturated carbocycles. The van der Waals surface area contributed by atoms with Gasteiger partial charge in [0.1, 0.15) is 5.82 Å². The maximum absolute atomic E-state index is 13.1. The molecule has 1 amide bonds. The fourth-order valence-corrected chi connectivity index (χ4v) is 1.40. The molecule has 1 aromatic rings. The van der Waals surface area contributed by atoms with Crippen LogP contribution < -0.4 is 10.6 Å². The van der Waals surface area contributed by atoms with Gasteiger partial charge in [-0.25, -0.2) is 4.39 Å². The molecular formula is C12H17FN2O. The normalized spacial score (nSPS) is 9.94. The number of anilines is 1. The summed E-state index contributed by atoms with van der Waals surface area (Å²) in [6.45, 7) is 2.82. The lowest BCUT2D eigenvalue weighted by Gasteiger charge is -2.10. The van der Waals surface area contributed by atoms with E-state index in [-0.39, 0.29) is 11.7 Å². The van der Waals surface area contributed by atoms with Crippen molar-refractivity contribution in [3.63, 3.8) is 0 Å². The monoisotopic (exact) mass is 224 g/mol. The van der Waals surface area contributed by atoms with Gasteiger partial charge in [0.25, 0.3) is 5.91 Å². The predicted molar refractivity (Wildman–Crippen MR) is 63.2 cm³/mol. The van der Waals surface area contributed by atoms with E-state index in [0.29, 0.717) is 11.3 Å². The Hall–Kier alpha value is -1.58. The lowest BCUT2D eigenvalue weighted by atomic mass is 10.1. The zero-order chi connectivity index (χ0) is 12.0. The van der Waals surface area contributed by atoms with Crippen LogP contribution in [0.25, 0.3) is 0 Å². The number of carbonyl (C=O) groups is 1. The molecule has 1 rings (SSSR count). The van der Waals surface area contributed by atoms with Crippen molar-refractivity contribution >= 4 is 11.6 Å². The summed E-state index contributed by atoms with van der Waals surface area (Å²) in [7, 11) is 1.56. The van der Waals surface area contributed by atoms with Crippen molar-refractivity contribution in [2.24, 2.45) is 0 Å². The van der Waals surface area contributed by atoms with Crippen molar-refractivity contribution in [3.05, 3.63) is 29.6 Å². The standard InChI is InChI=1S/C12H17FN2O/c1-3-4-7-15-11-8-9(13)5-6-10(11)12(16)14-2/h5-6,8,15H,3-4,7H2,1-2H3,(H,14,16). The second kappa shape index (κ2) is 6.10. The SMILES string of the molecule is CCCCNc1cc(F)ccc1C(=O)NC. The summed E-state index contributed by atoms with van der Waals surface area (Å²) in [5, 5.41) is 5.60. The lowest BCUT2D eigenvalue weighted by Crippen LogP contribution is -2.20. The van der Waals surface area contributed by atoms with Gasteiger partial charge in [-0.2, -0.15) is 0 Å². The van der Waals surface area contributed by atoms with E-state index in [1.54, 1.807) is 7.05 Å². The molecule has 16 heavy (non-hydrogen) atoms. The Balaban J connectivity index is 2.85. The van der Waals surface area contributed by atoms with E-state index >= 15 is 0 Å². The van der Waals surface area contributed by atoms with Crippen LogP contribution in [0.5, 0.6) is 0 Å². The van der Waals surface area contributed by atoms with E-state index < -0.39 is 0 Å². The zero-order valence-corrected chi connectivity index (χ0v) is 9.64. The largest absolute Gasteiger partial charge is 0.384 e. The first-order chi connectivity index (χ1) is 7.69. The third-order valence-electron chi connectivity index (χ3n) is 2.30. The van der Waals surface area contributed by atoms with Crippen molar-refractivity contribution < 1.29 is 9.18 Å². The predicted octanol–water partition coefficient (Wildman–Crippen LogP) is 2.40. The highest BCUT2D eigenvalue weighted by Gasteiger charge is 2.10. The Bertz CT molecular complexity index is 366. The van der Waals surface area contributed by atoms with Gasteiger partial charge in [0, 0.05) is 19.3 Å². The Morgan fingerprint density at radius 1 is 1.44 bits per heavy atom. The van der Waals surface area contributed by atoms with E-state index in [9.17, 15) is 9.18 Å². The summed E-state index contributed by atoms with van der Waals surface area (Å²) in [6.07, 6.45) is 2.04. The van der Waals surface area contributed by atoms with Crippen molar-refractivity contribution in [2.45, 2.75) is 19.8 Å². The van der Waals surface area contributed by atoms with Crippen LogP contribution in [0.3, 0.4) is 0 Å². The number of hydrogen-bond acceptors (Lipinski definition) is 2. The molecular weight excluding hydrogens is 207 g/mol. The Morgan fingerprint density at radius 3 is 2.81 bits per heavy atom. The van der Waals surface area contributed by atoms with Gasteiger partial charge in [-0.15, -0.1) is 0 Å². The molecule has 88 valence electrons. The minimum Gasteiger partial charge on any atom is -0.384 e. The summed E-state index contributed by atoms with van der Waals surface area (Å²) in [5.74, 6) is -0.550. The molecule has 0 aliphatic carbocycles. The van der Waals surface area contributed by atoms with Crippen molar-refractivity contribution in [1.29, 1.82) is 0 Å². The maximum atomic E-state index is 13.1. The number of rotatable bonds is 5. The van der Waals surface area contributed by atoms with Crippen LogP contribution >= 0.6 is 0 Å². The van der Waals surface area contributed by atoms with E-state index in [2.05, 4.69) is 17.6 Å². The van der Waals surface area contributed by atoms with Gasteiger partial charge in [-0.3, -0.25) is 4.79 Å². The lowest BCUT2D eigenvalue weighted by molar-refractivity contribution is 0.0964. The van der Waals surface area contributed by atoms with Crippen molar-refractivity contribution in [3.8, 4) is 0 Å². The highest BCUT2D eigenvalue weighted by atomic mass is 19.1. The summed E-state index contributed by atoms with van der Waals surface area (Å²) in [6, 6.07) is 4.12. The first-order valence-corrected chi connectivity index (χ1v) is 5.44. The summed E-state index contributed by atoms with van der Waals surface area (Å²) >= 11 is 0. The second-order valence-corrected chi connectivity index (χ2v) is 3.55. The topological polar surface area (TPSA) is 41.1 Å². The van der Waals surface area contributed by atoms with Crippen LogP contribution in [0.2, 0.25) is 0 Å². The van der Waals surface area contributed by atoms with Gasteiger partial charge >= 0.3 is 0 Å². The van der Waals surface area contributed by atoms with Crippen LogP contribution in [0.15, 0.2) is 18.2 Å². The average Bonchev–Trinajstić information content (AvgIpc) is 2.29. The molecule has 0 fully saturated rings. The zero-order valence-electron chi connectivity index (χ0n) is 9.64. The molecule has 0 aromatic heterocycles. The molecule has 0 spiro atoms. The number of nitrogens with one attached hydrogen (secondary N) is 2. The van der Waals surface area contributed by atoms with Gasteiger partial charge in [0.2, 0.25) is 0 Å². The molecule has 0 bridgehead atoms. The Labute approximate surface area is 95.0 Å². The first-order valence-electron chi connectivity index (χ1n) is 5.44. The molecule has 0 aliphatic rings. The number of amides is 1. The summed E-state index contributed by atoms with van der Waals surface area (Å²) < 4.78 is 13.1. The molecule has 3 nitrogen and oxygen atoms in total. The van der Waals surface area contributed by atoms with Gasteiger partial charge in [0.05, 0.1) is 5.56 Å². The minimum absolute atomic E-state index is 0.209. The third-order valence-corrected chi connectivity index (χ3v) is 2.30. The van der Waals surface area contributed by atoms with Crippen molar-refractivity contribution in [2.75, 3.05) is 18.9 Å².